The van der Waals surface area contributed by atoms with Gasteiger partial charge < -0.3 is 9.30 Å². The third-order valence-electron chi connectivity index (χ3n) is 4.34. The first kappa shape index (κ1) is 21.0. The van der Waals surface area contributed by atoms with Crippen molar-refractivity contribution in [2.45, 2.75) is 51.3 Å². The van der Waals surface area contributed by atoms with Crippen molar-refractivity contribution >= 4 is 35.0 Å². The average Bonchev–Trinajstić information content (AvgIpc) is 3.03. The molecule has 0 amide bonds. The highest BCUT2D eigenvalue weighted by Crippen LogP contribution is 2.32. The van der Waals surface area contributed by atoms with Gasteiger partial charge in [0.1, 0.15) is 5.75 Å². The Morgan fingerprint density at radius 2 is 1.71 bits per heavy atom. The molecule has 3 aromatic rings. The molecule has 1 unspecified atom stereocenters. The number of hydrogen-bond donors (Lipinski definition) is 0. The van der Waals surface area contributed by atoms with E-state index < -0.39 is 0 Å². The van der Waals surface area contributed by atoms with Gasteiger partial charge in [0.2, 0.25) is 0 Å². The Morgan fingerprint density at radius 1 is 1.07 bits per heavy atom. The molecule has 1 atom stereocenters. The molecule has 0 radical (unpaired) electrons. The van der Waals surface area contributed by atoms with Crippen molar-refractivity contribution in [1.82, 2.24) is 14.8 Å². The molecule has 0 N–H and O–H groups in total. The summed E-state index contributed by atoms with van der Waals surface area (Å²) in [5, 5.41) is 10.9. The molecule has 4 nitrogen and oxygen atoms in total. The minimum atomic E-state index is -0.216. The van der Waals surface area contributed by atoms with Crippen LogP contribution in [0.4, 0.5) is 0 Å². The molecule has 1 heterocycles. The fourth-order valence-electron chi connectivity index (χ4n) is 3.07. The average molecular weight is 436 g/mol. The Hall–Kier alpha value is -1.69. The van der Waals surface area contributed by atoms with Gasteiger partial charge in [-0.3, -0.25) is 0 Å². The number of halogens is 2. The SMILES string of the molecule is CCn1c(SCc2c(Cl)cccc2Cl)nnc1C(C)Oc1cc(C)cc(C)c1. The summed E-state index contributed by atoms with van der Waals surface area (Å²) in [6.07, 6.45) is -0.216. The minimum absolute atomic E-state index is 0.216. The molecule has 0 fully saturated rings. The van der Waals surface area contributed by atoms with E-state index in [0.29, 0.717) is 15.8 Å². The zero-order valence-corrected chi connectivity index (χ0v) is 18.7. The van der Waals surface area contributed by atoms with Crippen molar-refractivity contribution in [3.8, 4) is 5.75 Å². The van der Waals surface area contributed by atoms with Crippen LogP contribution in [-0.2, 0) is 12.3 Å². The van der Waals surface area contributed by atoms with Crippen molar-refractivity contribution in [3.05, 3.63) is 69.0 Å². The molecule has 0 spiro atoms. The lowest BCUT2D eigenvalue weighted by atomic mass is 10.1. The number of aryl methyl sites for hydroxylation is 2. The van der Waals surface area contributed by atoms with E-state index in [1.807, 2.05) is 37.3 Å². The smallest absolute Gasteiger partial charge is 0.191 e. The molecule has 3 rings (SSSR count). The fraction of sp³-hybridized carbons (Fsp3) is 0.333. The van der Waals surface area contributed by atoms with E-state index >= 15 is 0 Å². The molecule has 2 aromatic carbocycles. The van der Waals surface area contributed by atoms with Crippen LogP contribution in [0.25, 0.3) is 0 Å². The summed E-state index contributed by atoms with van der Waals surface area (Å²) in [5.41, 5.74) is 3.25. The van der Waals surface area contributed by atoms with Crippen LogP contribution in [0.15, 0.2) is 41.6 Å². The molecular weight excluding hydrogens is 413 g/mol. The Labute approximate surface area is 180 Å². The van der Waals surface area contributed by atoms with Gasteiger partial charge in [-0.25, -0.2) is 0 Å². The van der Waals surface area contributed by atoms with Crippen molar-refractivity contribution in [2.24, 2.45) is 0 Å². The van der Waals surface area contributed by atoms with Gasteiger partial charge in [-0.15, -0.1) is 10.2 Å². The van der Waals surface area contributed by atoms with Crippen molar-refractivity contribution in [2.75, 3.05) is 0 Å². The summed E-state index contributed by atoms with van der Waals surface area (Å²) >= 11 is 14.1. The summed E-state index contributed by atoms with van der Waals surface area (Å²) in [6, 6.07) is 11.7. The number of ether oxygens (including phenoxy) is 1. The predicted octanol–water partition coefficient (Wildman–Crippen LogP) is 6.65. The Balaban J connectivity index is 1.77. The molecule has 0 aliphatic heterocycles. The molecule has 1 aromatic heterocycles. The van der Waals surface area contributed by atoms with Gasteiger partial charge in [-0.05, 0) is 68.7 Å². The van der Waals surface area contributed by atoms with Gasteiger partial charge in [-0.2, -0.15) is 0 Å². The van der Waals surface area contributed by atoms with E-state index in [-0.39, 0.29) is 6.10 Å². The third-order valence-corrected chi connectivity index (χ3v) is 6.04. The summed E-state index contributed by atoms with van der Waals surface area (Å²) in [7, 11) is 0. The molecule has 28 heavy (non-hydrogen) atoms. The second-order valence-corrected chi connectivity index (χ2v) is 8.41. The number of rotatable bonds is 7. The fourth-order valence-corrected chi connectivity index (χ4v) is 4.82. The topological polar surface area (TPSA) is 39.9 Å². The molecule has 0 saturated carbocycles. The molecule has 0 saturated heterocycles. The molecule has 148 valence electrons. The zero-order valence-electron chi connectivity index (χ0n) is 16.4. The van der Waals surface area contributed by atoms with Crippen molar-refractivity contribution < 1.29 is 4.74 Å². The van der Waals surface area contributed by atoms with Gasteiger partial charge in [0.15, 0.2) is 17.1 Å². The lowest BCUT2D eigenvalue weighted by Crippen LogP contribution is -2.12. The largest absolute Gasteiger partial charge is 0.483 e. The highest BCUT2D eigenvalue weighted by molar-refractivity contribution is 7.98. The quantitative estimate of drug-likeness (QED) is 0.389. The second-order valence-electron chi connectivity index (χ2n) is 6.66. The Morgan fingerprint density at radius 3 is 2.32 bits per heavy atom. The van der Waals surface area contributed by atoms with Crippen LogP contribution >= 0.6 is 35.0 Å². The third kappa shape index (κ3) is 4.83. The first-order chi connectivity index (χ1) is 13.4. The van der Waals surface area contributed by atoms with Crippen LogP contribution in [0.2, 0.25) is 10.0 Å². The van der Waals surface area contributed by atoms with Gasteiger partial charge in [-0.1, -0.05) is 47.1 Å². The number of thioether (sulfide) groups is 1. The van der Waals surface area contributed by atoms with Crippen LogP contribution < -0.4 is 4.74 Å². The highest BCUT2D eigenvalue weighted by Gasteiger charge is 2.19. The summed E-state index contributed by atoms with van der Waals surface area (Å²) in [6.45, 7) is 8.94. The number of benzene rings is 2. The maximum Gasteiger partial charge on any atom is 0.191 e. The Kier molecular flexibility index (Phi) is 6.91. The highest BCUT2D eigenvalue weighted by atomic mass is 35.5. The van der Waals surface area contributed by atoms with Crippen LogP contribution in [0.1, 0.15) is 42.5 Å². The lowest BCUT2D eigenvalue weighted by molar-refractivity contribution is 0.209. The van der Waals surface area contributed by atoms with E-state index in [4.69, 9.17) is 27.9 Å². The van der Waals surface area contributed by atoms with Crippen LogP contribution in [0.5, 0.6) is 5.75 Å². The van der Waals surface area contributed by atoms with E-state index in [2.05, 4.69) is 41.6 Å². The lowest BCUT2D eigenvalue weighted by Gasteiger charge is -2.16. The van der Waals surface area contributed by atoms with Gasteiger partial charge in [0.05, 0.1) is 0 Å². The van der Waals surface area contributed by atoms with Gasteiger partial charge >= 0.3 is 0 Å². The van der Waals surface area contributed by atoms with Crippen molar-refractivity contribution in [1.29, 1.82) is 0 Å². The maximum atomic E-state index is 6.28. The van der Waals surface area contributed by atoms with E-state index in [0.717, 1.165) is 28.8 Å². The minimum Gasteiger partial charge on any atom is -0.483 e. The number of hydrogen-bond acceptors (Lipinski definition) is 4. The number of aromatic nitrogens is 3. The summed E-state index contributed by atoms with van der Waals surface area (Å²) in [5.74, 6) is 2.27. The van der Waals surface area contributed by atoms with Crippen LogP contribution in [0.3, 0.4) is 0 Å². The summed E-state index contributed by atoms with van der Waals surface area (Å²) in [4.78, 5) is 0. The molecule has 0 aliphatic rings. The van der Waals surface area contributed by atoms with E-state index in [1.165, 1.54) is 11.1 Å². The molecule has 7 heteroatoms. The first-order valence-corrected chi connectivity index (χ1v) is 10.9. The maximum absolute atomic E-state index is 6.28. The normalized spacial score (nSPS) is 12.2. The molecule has 0 bridgehead atoms. The Bertz CT molecular complexity index is 934. The molecular formula is C21H23Cl2N3OS. The zero-order chi connectivity index (χ0) is 20.3. The van der Waals surface area contributed by atoms with Crippen molar-refractivity contribution in [3.63, 3.8) is 0 Å². The first-order valence-electron chi connectivity index (χ1n) is 9.12. The standard InChI is InChI=1S/C21H23Cl2N3OS/c1-5-26-20(15(4)27-16-10-13(2)9-14(3)11-16)24-25-21(26)28-12-17-18(22)7-6-8-19(17)23/h6-11,15H,5,12H2,1-4H3. The van der Waals surface area contributed by atoms with Crippen LogP contribution in [-0.4, -0.2) is 14.8 Å². The molecule has 0 aliphatic carbocycles. The van der Waals surface area contributed by atoms with Gasteiger partial charge in [0, 0.05) is 22.3 Å². The monoisotopic (exact) mass is 435 g/mol. The summed E-state index contributed by atoms with van der Waals surface area (Å²) < 4.78 is 8.22. The predicted molar refractivity (Wildman–Crippen MR) is 117 cm³/mol. The van der Waals surface area contributed by atoms with E-state index in [1.54, 1.807) is 11.8 Å². The van der Waals surface area contributed by atoms with Crippen LogP contribution in [0, 0.1) is 13.8 Å². The van der Waals surface area contributed by atoms with Gasteiger partial charge in [0.25, 0.3) is 0 Å². The van der Waals surface area contributed by atoms with E-state index in [9.17, 15) is 0 Å². The second kappa shape index (κ2) is 9.21. The number of nitrogens with zero attached hydrogens (tertiary/aromatic N) is 3.